The molecule has 2 fully saturated rings. The van der Waals surface area contributed by atoms with Crippen molar-refractivity contribution in [3.8, 4) is 29.0 Å². The number of nitriles is 2. The summed E-state index contributed by atoms with van der Waals surface area (Å²) in [6.45, 7) is 4.99. The minimum atomic E-state index is 0.0422. The number of anilines is 1. The van der Waals surface area contributed by atoms with Crippen molar-refractivity contribution in [3.05, 3.63) is 35.4 Å². The second-order valence-electron chi connectivity index (χ2n) is 7.50. The van der Waals surface area contributed by atoms with E-state index in [0.29, 0.717) is 17.0 Å². The molecule has 7 nitrogen and oxygen atoms in total. The van der Waals surface area contributed by atoms with Gasteiger partial charge >= 0.3 is 0 Å². The molecule has 2 aliphatic rings. The number of hydrogen-bond donors (Lipinski definition) is 2. The van der Waals surface area contributed by atoms with Crippen molar-refractivity contribution in [2.45, 2.75) is 17.9 Å². The number of nitrogen functional groups attached to an aromatic ring is 1. The Morgan fingerprint density at radius 2 is 1.80 bits per heavy atom. The van der Waals surface area contributed by atoms with E-state index in [1.165, 1.54) is 25.9 Å². The third kappa shape index (κ3) is 5.58. The van der Waals surface area contributed by atoms with Gasteiger partial charge in [-0.15, -0.1) is 0 Å². The van der Waals surface area contributed by atoms with Gasteiger partial charge in [0.05, 0.1) is 38.5 Å². The summed E-state index contributed by atoms with van der Waals surface area (Å²) in [6.07, 6.45) is 2.46. The first-order valence-corrected chi connectivity index (χ1v) is 10.4. The maximum Gasteiger partial charge on any atom is 0.140 e. The van der Waals surface area contributed by atoms with E-state index >= 15 is 0 Å². The molecule has 3 N–H and O–H groups in total. The van der Waals surface area contributed by atoms with Crippen LogP contribution in [-0.4, -0.2) is 44.9 Å². The molecule has 1 aliphatic heterocycles. The molecular weight excluding hydrogens is 398 g/mol. The highest BCUT2D eigenvalue weighted by atomic mass is 32.1. The molecule has 2 aromatic rings. The molecule has 8 heteroatoms. The van der Waals surface area contributed by atoms with Crippen LogP contribution in [0.4, 0.5) is 5.82 Å². The summed E-state index contributed by atoms with van der Waals surface area (Å²) in [4.78, 5) is 5.49. The fraction of sp³-hybridized carbons (Fsp3) is 0.409. The summed E-state index contributed by atoms with van der Waals surface area (Å²) in [5.74, 6) is 1.48. The minimum Gasteiger partial charge on any atom is -0.759 e. The first-order chi connectivity index (χ1) is 14.5. The van der Waals surface area contributed by atoms with Gasteiger partial charge in [-0.05, 0) is 36.5 Å². The van der Waals surface area contributed by atoms with Gasteiger partial charge in [0.25, 0.3) is 0 Å². The number of nitrogens with one attached hydrogen (secondary N) is 1. The number of quaternary nitrogens is 1. The number of rotatable bonds is 4. The summed E-state index contributed by atoms with van der Waals surface area (Å²) in [7, 11) is 2.20. The molecule has 0 bridgehead atoms. The van der Waals surface area contributed by atoms with Crippen LogP contribution in [0.15, 0.2) is 29.3 Å². The van der Waals surface area contributed by atoms with E-state index in [-0.39, 0.29) is 22.0 Å². The standard InChI is InChI=1S/C17H14N4OS.C5H11NO/c18-7-13-15(14(8-19)17(23)21-16(13)20)11-3-5-12(6-4-11)22-9-10-1-2-10;1-6-2-4-7-5-3-6/h3-6,10H,1-2,9H2,(H3,20,21,23);2-5H2,1H3. The molecule has 30 heavy (non-hydrogen) atoms. The van der Waals surface area contributed by atoms with Crippen LogP contribution in [0.3, 0.4) is 0 Å². The highest BCUT2D eigenvalue weighted by molar-refractivity contribution is 7.58. The van der Waals surface area contributed by atoms with E-state index in [2.05, 4.69) is 12.0 Å². The molecule has 1 saturated carbocycles. The van der Waals surface area contributed by atoms with Crippen LogP contribution in [0.5, 0.6) is 5.75 Å². The lowest BCUT2D eigenvalue weighted by molar-refractivity contribution is -0.888. The number of ether oxygens (including phenoxy) is 2. The van der Waals surface area contributed by atoms with Gasteiger partial charge in [-0.25, -0.2) is 0 Å². The van der Waals surface area contributed by atoms with Crippen molar-refractivity contribution < 1.29 is 14.4 Å². The van der Waals surface area contributed by atoms with Gasteiger partial charge < -0.3 is 32.7 Å². The normalized spacial score (nSPS) is 16.0. The van der Waals surface area contributed by atoms with E-state index in [0.717, 1.165) is 25.6 Å². The third-order valence-electron chi connectivity index (χ3n) is 5.09. The topological polar surface area (TPSA) is 109 Å². The van der Waals surface area contributed by atoms with Crippen molar-refractivity contribution in [2.75, 3.05) is 45.7 Å². The van der Waals surface area contributed by atoms with Crippen molar-refractivity contribution in [1.82, 2.24) is 4.98 Å². The first-order valence-electron chi connectivity index (χ1n) is 9.96. The van der Waals surface area contributed by atoms with Gasteiger partial charge in [0.2, 0.25) is 0 Å². The SMILES string of the molecule is C[NH+]1CCOCC1.N#Cc1c(N)nc([S-])c(C#N)c1-c1ccc(OCC2CC2)cc1. The Hall–Kier alpha value is -2.91. The smallest absolute Gasteiger partial charge is 0.140 e. The Kier molecular flexibility index (Phi) is 7.42. The van der Waals surface area contributed by atoms with Gasteiger partial charge in [0.15, 0.2) is 0 Å². The maximum absolute atomic E-state index is 9.35. The fourth-order valence-electron chi connectivity index (χ4n) is 3.02. The monoisotopic (exact) mass is 423 g/mol. The van der Waals surface area contributed by atoms with E-state index < -0.39 is 0 Å². The number of aromatic nitrogens is 1. The fourth-order valence-corrected chi connectivity index (χ4v) is 3.27. The molecule has 156 valence electrons. The van der Waals surface area contributed by atoms with Gasteiger partial charge in [0.1, 0.15) is 36.3 Å². The summed E-state index contributed by atoms with van der Waals surface area (Å²) >= 11 is 5.09. The summed E-state index contributed by atoms with van der Waals surface area (Å²) in [6, 6.07) is 11.3. The quantitative estimate of drug-likeness (QED) is 0.714. The van der Waals surface area contributed by atoms with Gasteiger partial charge in [0, 0.05) is 5.56 Å². The zero-order valence-corrected chi connectivity index (χ0v) is 17.8. The Morgan fingerprint density at radius 1 is 1.17 bits per heavy atom. The van der Waals surface area contributed by atoms with Crippen LogP contribution in [0, 0.1) is 28.6 Å². The molecule has 1 aromatic heterocycles. The molecule has 0 amide bonds. The van der Waals surface area contributed by atoms with Gasteiger partial charge in [-0.2, -0.15) is 10.5 Å². The lowest BCUT2D eigenvalue weighted by atomic mass is 9.97. The second kappa shape index (κ2) is 10.2. The zero-order valence-electron chi connectivity index (χ0n) is 17.0. The summed E-state index contributed by atoms with van der Waals surface area (Å²) in [5, 5.41) is 18.8. The van der Waals surface area contributed by atoms with E-state index in [1.54, 1.807) is 17.0 Å². The van der Waals surface area contributed by atoms with E-state index in [1.807, 2.05) is 24.3 Å². The Labute approximate surface area is 182 Å². The molecule has 2 heterocycles. The van der Waals surface area contributed by atoms with Gasteiger partial charge in [-0.3, -0.25) is 4.98 Å². The molecule has 4 rings (SSSR count). The minimum absolute atomic E-state index is 0.0422. The number of morpholine rings is 1. The van der Waals surface area contributed by atoms with Crippen LogP contribution in [0.2, 0.25) is 0 Å². The number of likely N-dealkylation sites (N-methyl/N-ethyl adjacent to an activating group) is 1. The largest absolute Gasteiger partial charge is 0.759 e. The molecule has 1 aromatic carbocycles. The maximum atomic E-state index is 9.35. The van der Waals surface area contributed by atoms with Crippen molar-refractivity contribution in [1.29, 1.82) is 10.5 Å². The Morgan fingerprint density at radius 3 is 2.30 bits per heavy atom. The molecule has 0 spiro atoms. The predicted molar refractivity (Wildman–Crippen MR) is 115 cm³/mol. The van der Waals surface area contributed by atoms with Crippen molar-refractivity contribution in [2.24, 2.45) is 5.92 Å². The Balaban J connectivity index is 0.000000310. The number of hydrogen-bond acceptors (Lipinski definition) is 7. The highest BCUT2D eigenvalue weighted by Gasteiger charge is 2.22. The molecular formula is C22H25N5O2S. The first kappa shape index (κ1) is 21.8. The highest BCUT2D eigenvalue weighted by Crippen LogP contribution is 2.33. The summed E-state index contributed by atoms with van der Waals surface area (Å²) in [5.41, 5.74) is 7.26. The molecule has 1 saturated heterocycles. The van der Waals surface area contributed by atoms with Crippen LogP contribution < -0.4 is 15.4 Å². The van der Waals surface area contributed by atoms with Crippen LogP contribution in [0.1, 0.15) is 24.0 Å². The number of nitrogens with two attached hydrogens (primary N) is 1. The average molecular weight is 424 g/mol. The van der Waals surface area contributed by atoms with E-state index in [4.69, 9.17) is 27.8 Å². The lowest BCUT2D eigenvalue weighted by Crippen LogP contribution is -3.11. The molecule has 0 unspecified atom stereocenters. The van der Waals surface area contributed by atoms with Crippen LogP contribution in [-0.2, 0) is 17.4 Å². The molecule has 0 atom stereocenters. The van der Waals surface area contributed by atoms with Crippen molar-refractivity contribution >= 4 is 18.4 Å². The van der Waals surface area contributed by atoms with Gasteiger partial charge in [-0.1, -0.05) is 17.2 Å². The number of pyridine rings is 1. The van der Waals surface area contributed by atoms with Crippen LogP contribution >= 0.6 is 0 Å². The lowest BCUT2D eigenvalue weighted by Gasteiger charge is -2.18. The number of benzene rings is 1. The Bertz CT molecular complexity index is 917. The zero-order chi connectivity index (χ0) is 21.5. The average Bonchev–Trinajstić information content (AvgIpc) is 3.58. The third-order valence-corrected chi connectivity index (χ3v) is 5.38. The van der Waals surface area contributed by atoms with E-state index in [9.17, 15) is 10.5 Å². The van der Waals surface area contributed by atoms with Crippen LogP contribution in [0.25, 0.3) is 11.1 Å². The summed E-state index contributed by atoms with van der Waals surface area (Å²) < 4.78 is 10.8. The molecule has 1 aliphatic carbocycles. The second-order valence-corrected chi connectivity index (χ2v) is 7.89. The predicted octanol–water partition coefficient (Wildman–Crippen LogP) is 1.30. The number of nitrogens with zero attached hydrogens (tertiary/aromatic N) is 3. The molecule has 0 radical (unpaired) electrons. The van der Waals surface area contributed by atoms with Crippen molar-refractivity contribution in [3.63, 3.8) is 0 Å².